The van der Waals surface area contributed by atoms with Gasteiger partial charge < -0.3 is 5.73 Å². The molecule has 2 rings (SSSR count). The van der Waals surface area contributed by atoms with E-state index in [0.29, 0.717) is 4.34 Å². The van der Waals surface area contributed by atoms with Crippen LogP contribution in [0.2, 0.25) is 9.36 Å². The van der Waals surface area contributed by atoms with E-state index >= 15 is 0 Å². The highest BCUT2D eigenvalue weighted by atomic mass is 35.5. The first-order valence-electron chi connectivity index (χ1n) is 5.17. The normalized spacial score (nSPS) is 11.3. The van der Waals surface area contributed by atoms with E-state index in [1.807, 2.05) is 0 Å². The first-order valence-corrected chi connectivity index (χ1v) is 8.22. The van der Waals surface area contributed by atoms with Crippen LogP contribution in [0.3, 0.4) is 0 Å². The van der Waals surface area contributed by atoms with Gasteiger partial charge in [0.15, 0.2) is 0 Å². The molecule has 0 atom stereocenters. The number of thiophene rings is 1. The summed E-state index contributed by atoms with van der Waals surface area (Å²) in [5, 5.41) is 0.154. The summed E-state index contributed by atoms with van der Waals surface area (Å²) in [4.78, 5) is 11.1. The SMILES string of the molecule is NC(=O)c1ccc(Cl)c(NS(=O)(=O)c2ccc(Cl)s2)c1. The molecule has 0 bridgehead atoms. The zero-order chi connectivity index (χ0) is 14.9. The van der Waals surface area contributed by atoms with Gasteiger partial charge in [-0.1, -0.05) is 23.2 Å². The number of hydrogen-bond donors (Lipinski definition) is 2. The summed E-state index contributed by atoms with van der Waals surface area (Å²) >= 11 is 12.5. The Morgan fingerprint density at radius 2 is 1.90 bits per heavy atom. The summed E-state index contributed by atoms with van der Waals surface area (Å²) < 4.78 is 26.9. The topological polar surface area (TPSA) is 89.3 Å². The number of anilines is 1. The maximum absolute atomic E-state index is 12.1. The Bertz CT molecular complexity index is 772. The van der Waals surface area contributed by atoms with Gasteiger partial charge >= 0.3 is 0 Å². The van der Waals surface area contributed by atoms with Crippen molar-refractivity contribution in [2.24, 2.45) is 5.73 Å². The van der Waals surface area contributed by atoms with E-state index < -0.39 is 15.9 Å². The number of rotatable bonds is 4. The van der Waals surface area contributed by atoms with Gasteiger partial charge in [-0.15, -0.1) is 11.3 Å². The van der Waals surface area contributed by atoms with Crippen LogP contribution in [0.15, 0.2) is 34.5 Å². The van der Waals surface area contributed by atoms with Gasteiger partial charge in [0.05, 0.1) is 15.0 Å². The average Bonchev–Trinajstić information content (AvgIpc) is 2.79. The van der Waals surface area contributed by atoms with Gasteiger partial charge in [-0.3, -0.25) is 9.52 Å². The number of halogens is 2. The number of primary amides is 1. The first-order chi connectivity index (χ1) is 9.29. The van der Waals surface area contributed by atoms with Gasteiger partial charge in [-0.2, -0.15) is 0 Å². The molecular formula is C11H8Cl2N2O3S2. The summed E-state index contributed by atoms with van der Waals surface area (Å²) in [6.07, 6.45) is 0. The quantitative estimate of drug-likeness (QED) is 0.887. The van der Waals surface area contributed by atoms with E-state index in [4.69, 9.17) is 28.9 Å². The van der Waals surface area contributed by atoms with Crippen molar-refractivity contribution in [2.45, 2.75) is 4.21 Å². The highest BCUT2D eigenvalue weighted by molar-refractivity contribution is 7.94. The molecule has 0 fully saturated rings. The third-order valence-electron chi connectivity index (χ3n) is 2.31. The van der Waals surface area contributed by atoms with E-state index in [0.717, 1.165) is 11.3 Å². The largest absolute Gasteiger partial charge is 0.366 e. The second-order valence-electron chi connectivity index (χ2n) is 3.72. The fraction of sp³-hybridized carbons (Fsp3) is 0. The molecule has 1 heterocycles. The lowest BCUT2D eigenvalue weighted by molar-refractivity contribution is 0.100. The molecule has 106 valence electrons. The Kier molecular flexibility index (Phi) is 4.24. The minimum Gasteiger partial charge on any atom is -0.366 e. The highest BCUT2D eigenvalue weighted by Crippen LogP contribution is 2.30. The van der Waals surface area contributed by atoms with Crippen LogP contribution in [0.25, 0.3) is 0 Å². The Morgan fingerprint density at radius 1 is 1.20 bits per heavy atom. The van der Waals surface area contributed by atoms with Crippen molar-refractivity contribution in [3.63, 3.8) is 0 Å². The molecule has 0 aliphatic rings. The molecule has 0 radical (unpaired) electrons. The number of nitrogens with one attached hydrogen (secondary N) is 1. The van der Waals surface area contributed by atoms with Crippen LogP contribution in [0.4, 0.5) is 5.69 Å². The average molecular weight is 351 g/mol. The van der Waals surface area contributed by atoms with E-state index in [-0.39, 0.29) is 20.5 Å². The molecule has 1 aromatic heterocycles. The fourth-order valence-electron chi connectivity index (χ4n) is 1.39. The molecule has 0 spiro atoms. The van der Waals surface area contributed by atoms with E-state index in [2.05, 4.69) is 4.72 Å². The summed E-state index contributed by atoms with van der Waals surface area (Å²) in [5.74, 6) is -0.679. The van der Waals surface area contributed by atoms with Gasteiger partial charge in [0.2, 0.25) is 5.91 Å². The van der Waals surface area contributed by atoms with Gasteiger partial charge in [-0.05, 0) is 30.3 Å². The number of sulfonamides is 1. The molecule has 2 aromatic rings. The van der Waals surface area contributed by atoms with Gasteiger partial charge in [0.1, 0.15) is 4.21 Å². The van der Waals surface area contributed by atoms with Crippen LogP contribution in [-0.4, -0.2) is 14.3 Å². The van der Waals surface area contributed by atoms with Crippen molar-refractivity contribution in [2.75, 3.05) is 4.72 Å². The number of carbonyl (C=O) groups excluding carboxylic acids is 1. The van der Waals surface area contributed by atoms with Crippen LogP contribution in [0, 0.1) is 0 Å². The molecule has 1 aromatic carbocycles. The van der Waals surface area contributed by atoms with Crippen molar-refractivity contribution in [3.05, 3.63) is 45.3 Å². The van der Waals surface area contributed by atoms with Gasteiger partial charge in [-0.25, -0.2) is 8.42 Å². The third-order valence-corrected chi connectivity index (χ3v) is 5.73. The summed E-state index contributed by atoms with van der Waals surface area (Å²) in [7, 11) is -3.81. The molecule has 0 aliphatic heterocycles. The van der Waals surface area contributed by atoms with Crippen molar-refractivity contribution < 1.29 is 13.2 Å². The molecule has 0 saturated carbocycles. The number of nitrogens with two attached hydrogens (primary N) is 1. The fourth-order valence-corrected chi connectivity index (χ4v) is 4.17. The molecule has 20 heavy (non-hydrogen) atoms. The Labute approximate surface area is 129 Å². The number of carbonyl (C=O) groups is 1. The Hall–Kier alpha value is -1.28. The maximum Gasteiger partial charge on any atom is 0.271 e. The lowest BCUT2D eigenvalue weighted by Crippen LogP contribution is -2.14. The Balaban J connectivity index is 2.39. The van der Waals surface area contributed by atoms with Crippen LogP contribution in [0.5, 0.6) is 0 Å². The van der Waals surface area contributed by atoms with Crippen LogP contribution in [0.1, 0.15) is 10.4 Å². The summed E-state index contributed by atoms with van der Waals surface area (Å²) in [5.41, 5.74) is 5.36. The highest BCUT2D eigenvalue weighted by Gasteiger charge is 2.18. The number of hydrogen-bond acceptors (Lipinski definition) is 4. The molecule has 0 aliphatic carbocycles. The molecule has 1 amide bonds. The minimum absolute atomic E-state index is 0.0445. The van der Waals surface area contributed by atoms with Gasteiger partial charge in [0.25, 0.3) is 10.0 Å². The van der Waals surface area contributed by atoms with Crippen molar-refractivity contribution >= 4 is 56.2 Å². The second kappa shape index (κ2) is 5.61. The van der Waals surface area contributed by atoms with Crippen molar-refractivity contribution in [1.82, 2.24) is 0 Å². The Morgan fingerprint density at radius 3 is 2.45 bits per heavy atom. The van der Waals surface area contributed by atoms with Crippen LogP contribution in [-0.2, 0) is 10.0 Å². The molecule has 0 saturated heterocycles. The number of benzene rings is 1. The summed E-state index contributed by atoms with van der Waals surface area (Å²) in [6.45, 7) is 0. The molecule has 9 heteroatoms. The minimum atomic E-state index is -3.81. The van der Waals surface area contributed by atoms with Crippen molar-refractivity contribution in [1.29, 1.82) is 0 Å². The van der Waals surface area contributed by atoms with Crippen LogP contribution < -0.4 is 10.5 Å². The smallest absolute Gasteiger partial charge is 0.271 e. The summed E-state index contributed by atoms with van der Waals surface area (Å²) in [6, 6.07) is 6.92. The lowest BCUT2D eigenvalue weighted by atomic mass is 10.2. The lowest BCUT2D eigenvalue weighted by Gasteiger charge is -2.09. The van der Waals surface area contributed by atoms with Crippen molar-refractivity contribution in [3.8, 4) is 0 Å². The second-order valence-corrected chi connectivity index (χ2v) is 7.75. The molecule has 5 nitrogen and oxygen atoms in total. The zero-order valence-corrected chi connectivity index (χ0v) is 12.9. The third kappa shape index (κ3) is 3.24. The van der Waals surface area contributed by atoms with E-state index in [1.165, 1.54) is 30.3 Å². The zero-order valence-electron chi connectivity index (χ0n) is 9.76. The van der Waals surface area contributed by atoms with E-state index in [1.54, 1.807) is 0 Å². The van der Waals surface area contributed by atoms with Crippen LogP contribution >= 0.6 is 34.5 Å². The molecular weight excluding hydrogens is 343 g/mol. The molecule has 0 unspecified atom stereocenters. The predicted molar refractivity (Wildman–Crippen MR) is 80.1 cm³/mol. The predicted octanol–water partition coefficient (Wildman–Crippen LogP) is 2.95. The molecule has 3 N–H and O–H groups in total. The maximum atomic E-state index is 12.1. The monoisotopic (exact) mass is 350 g/mol. The number of amides is 1. The first kappa shape index (κ1) is 15.1. The van der Waals surface area contributed by atoms with Gasteiger partial charge in [0, 0.05) is 5.56 Å². The van der Waals surface area contributed by atoms with E-state index in [9.17, 15) is 13.2 Å². The standard InChI is InChI=1S/C11H8Cl2N2O3S2/c12-7-2-1-6(11(14)16)5-8(7)15-20(17,18)10-4-3-9(13)19-10/h1-5,15H,(H2,14,16).